The highest BCUT2D eigenvalue weighted by atomic mass is 32.2. The molecule has 2 aliphatic rings. The molecule has 1 atom stereocenters. The zero-order valence-electron chi connectivity index (χ0n) is 13.8. The number of aromatic nitrogens is 4. The van der Waals surface area contributed by atoms with E-state index in [1.165, 1.54) is 6.92 Å². The van der Waals surface area contributed by atoms with Gasteiger partial charge in [-0.2, -0.15) is 0 Å². The summed E-state index contributed by atoms with van der Waals surface area (Å²) in [7, 11) is 0. The van der Waals surface area contributed by atoms with Gasteiger partial charge in [0.1, 0.15) is 6.04 Å². The molecule has 0 bridgehead atoms. The molecule has 0 radical (unpaired) electrons. The monoisotopic (exact) mass is 358 g/mol. The molecule has 1 saturated heterocycles. The molecule has 2 aromatic heterocycles. The van der Waals surface area contributed by atoms with E-state index in [1.54, 1.807) is 34.0 Å². The van der Waals surface area contributed by atoms with Crippen molar-refractivity contribution in [2.24, 2.45) is 0 Å². The first-order chi connectivity index (χ1) is 12.1. The van der Waals surface area contributed by atoms with Crippen LogP contribution in [0.15, 0.2) is 24.5 Å². The smallest absolute Gasteiger partial charge is 0.246 e. The Hall–Kier alpha value is -2.42. The molecule has 130 valence electrons. The van der Waals surface area contributed by atoms with Crippen molar-refractivity contribution >= 4 is 23.6 Å². The minimum Gasteiger partial charge on any atom is -0.332 e. The molecule has 1 unspecified atom stereocenters. The van der Waals surface area contributed by atoms with Crippen molar-refractivity contribution < 1.29 is 9.59 Å². The Morgan fingerprint density at radius 1 is 1.28 bits per heavy atom. The molecule has 8 nitrogen and oxygen atoms in total. The molecule has 2 aromatic rings. The topological polar surface area (TPSA) is 84.2 Å². The average molecular weight is 358 g/mol. The quantitative estimate of drug-likeness (QED) is 0.782. The highest BCUT2D eigenvalue weighted by Crippen LogP contribution is 2.25. The molecule has 0 spiro atoms. The molecule has 2 aliphatic heterocycles. The van der Waals surface area contributed by atoms with Gasteiger partial charge in [0.2, 0.25) is 11.8 Å². The number of carbonyl (C=O) groups excluding carboxylic acids is 2. The van der Waals surface area contributed by atoms with Gasteiger partial charge in [0.05, 0.1) is 12.4 Å². The summed E-state index contributed by atoms with van der Waals surface area (Å²) in [6.07, 6.45) is 3.48. The van der Waals surface area contributed by atoms with Crippen molar-refractivity contribution in [2.75, 3.05) is 18.2 Å². The van der Waals surface area contributed by atoms with Gasteiger partial charge in [-0.1, -0.05) is 0 Å². The lowest BCUT2D eigenvalue weighted by atomic mass is 10.2. The van der Waals surface area contributed by atoms with Gasteiger partial charge in [0.15, 0.2) is 11.6 Å². The van der Waals surface area contributed by atoms with Crippen LogP contribution in [0.5, 0.6) is 0 Å². The fourth-order valence-corrected chi connectivity index (χ4v) is 4.43. The number of amides is 2. The van der Waals surface area contributed by atoms with Crippen molar-refractivity contribution in [3.05, 3.63) is 30.4 Å². The summed E-state index contributed by atoms with van der Waals surface area (Å²) in [5.74, 6) is 2.72. The first kappa shape index (κ1) is 16.1. The molecule has 25 heavy (non-hydrogen) atoms. The molecule has 0 saturated carbocycles. The van der Waals surface area contributed by atoms with E-state index in [0.29, 0.717) is 31.3 Å². The van der Waals surface area contributed by atoms with Crippen molar-refractivity contribution in [2.45, 2.75) is 26.1 Å². The number of hydrogen-bond donors (Lipinski definition) is 0. The summed E-state index contributed by atoms with van der Waals surface area (Å²) < 4.78 is 2.03. The highest BCUT2D eigenvalue weighted by Gasteiger charge is 2.37. The molecule has 1 fully saturated rings. The van der Waals surface area contributed by atoms with Gasteiger partial charge in [0, 0.05) is 43.7 Å². The Kier molecular flexibility index (Phi) is 4.16. The molecule has 0 aromatic carbocycles. The van der Waals surface area contributed by atoms with Crippen LogP contribution in [0, 0.1) is 0 Å². The van der Waals surface area contributed by atoms with E-state index >= 15 is 0 Å². The summed E-state index contributed by atoms with van der Waals surface area (Å²) in [6, 6.07) is 3.45. The second-order valence-electron chi connectivity index (χ2n) is 6.10. The first-order valence-corrected chi connectivity index (χ1v) is 9.27. The second kappa shape index (κ2) is 6.47. The lowest BCUT2D eigenvalue weighted by Crippen LogP contribution is -2.50. The van der Waals surface area contributed by atoms with E-state index in [4.69, 9.17) is 0 Å². The maximum Gasteiger partial charge on any atom is 0.246 e. The summed E-state index contributed by atoms with van der Waals surface area (Å²) in [5, 5.41) is 8.52. The Labute approximate surface area is 149 Å². The zero-order valence-corrected chi connectivity index (χ0v) is 14.6. The van der Waals surface area contributed by atoms with Crippen LogP contribution in [-0.4, -0.2) is 65.6 Å². The van der Waals surface area contributed by atoms with E-state index < -0.39 is 0 Å². The summed E-state index contributed by atoms with van der Waals surface area (Å²) >= 11 is 1.62. The number of nitrogens with zero attached hydrogens (tertiary/aromatic N) is 6. The van der Waals surface area contributed by atoms with Gasteiger partial charge in [-0.05, 0) is 12.1 Å². The number of hydrogen-bond acceptors (Lipinski definition) is 6. The largest absolute Gasteiger partial charge is 0.332 e. The van der Waals surface area contributed by atoms with Gasteiger partial charge < -0.3 is 14.4 Å². The fourth-order valence-electron chi connectivity index (χ4n) is 3.22. The fraction of sp³-hybridized carbons (Fsp3) is 0.438. The minimum atomic E-state index is -0.366. The molecular weight excluding hydrogens is 340 g/mol. The molecule has 4 rings (SSSR count). The summed E-state index contributed by atoms with van der Waals surface area (Å²) in [5.41, 5.74) is 0.913. The Morgan fingerprint density at radius 3 is 2.92 bits per heavy atom. The number of rotatable bonds is 2. The van der Waals surface area contributed by atoms with E-state index in [2.05, 4.69) is 15.2 Å². The predicted molar refractivity (Wildman–Crippen MR) is 92.3 cm³/mol. The first-order valence-electron chi connectivity index (χ1n) is 8.11. The molecule has 4 heterocycles. The van der Waals surface area contributed by atoms with Crippen LogP contribution in [-0.2, 0) is 22.7 Å². The van der Waals surface area contributed by atoms with Crippen molar-refractivity contribution in [3.8, 4) is 11.4 Å². The summed E-state index contributed by atoms with van der Waals surface area (Å²) in [4.78, 5) is 32.1. The number of carbonyl (C=O) groups is 2. The van der Waals surface area contributed by atoms with Gasteiger partial charge in [-0.3, -0.25) is 14.6 Å². The lowest BCUT2D eigenvalue weighted by molar-refractivity contribution is -0.143. The third kappa shape index (κ3) is 2.88. The number of pyridine rings is 1. The molecular formula is C16H18N6O2S. The van der Waals surface area contributed by atoms with E-state index in [9.17, 15) is 9.59 Å². The van der Waals surface area contributed by atoms with Gasteiger partial charge in [-0.15, -0.1) is 22.0 Å². The Bertz CT molecular complexity index is 808. The molecule has 0 N–H and O–H groups in total. The van der Waals surface area contributed by atoms with Crippen LogP contribution in [0.1, 0.15) is 12.7 Å². The standard InChI is InChI=1S/C16H18N6O2S/c1-11(23)22-10-25-9-13(22)16(24)20-5-6-21-14(8-20)18-19-15(21)12-3-2-4-17-7-12/h2-4,7,13H,5-6,8-10H2,1H3. The Morgan fingerprint density at radius 2 is 2.16 bits per heavy atom. The number of fused-ring (bicyclic) bond motifs is 1. The van der Waals surface area contributed by atoms with E-state index in [1.807, 2.05) is 16.7 Å². The maximum absolute atomic E-state index is 12.9. The molecule has 9 heteroatoms. The van der Waals surface area contributed by atoms with E-state index in [-0.39, 0.29) is 17.9 Å². The SMILES string of the molecule is CC(=O)N1CSCC1C(=O)N1CCn2c(nnc2-c2cccnc2)C1. The third-order valence-corrected chi connectivity index (χ3v) is 5.57. The van der Waals surface area contributed by atoms with Gasteiger partial charge >= 0.3 is 0 Å². The molecule has 2 amide bonds. The minimum absolute atomic E-state index is 0.00243. The van der Waals surface area contributed by atoms with Crippen molar-refractivity contribution in [3.63, 3.8) is 0 Å². The second-order valence-corrected chi connectivity index (χ2v) is 7.10. The van der Waals surface area contributed by atoms with Crippen LogP contribution < -0.4 is 0 Å². The average Bonchev–Trinajstić information content (AvgIpc) is 3.28. The van der Waals surface area contributed by atoms with Crippen LogP contribution in [0.3, 0.4) is 0 Å². The normalized spacial score (nSPS) is 19.8. The highest BCUT2D eigenvalue weighted by molar-refractivity contribution is 7.99. The van der Waals surface area contributed by atoms with Crippen LogP contribution in [0.2, 0.25) is 0 Å². The third-order valence-electron chi connectivity index (χ3n) is 4.56. The Balaban J connectivity index is 1.53. The zero-order chi connectivity index (χ0) is 17.4. The van der Waals surface area contributed by atoms with Crippen LogP contribution in [0.25, 0.3) is 11.4 Å². The lowest BCUT2D eigenvalue weighted by Gasteiger charge is -2.32. The van der Waals surface area contributed by atoms with Gasteiger partial charge in [-0.25, -0.2) is 0 Å². The predicted octanol–water partition coefficient (Wildman–Crippen LogP) is 0.604. The maximum atomic E-state index is 12.9. The van der Waals surface area contributed by atoms with Crippen molar-refractivity contribution in [1.82, 2.24) is 29.5 Å². The molecule has 0 aliphatic carbocycles. The van der Waals surface area contributed by atoms with Crippen LogP contribution >= 0.6 is 11.8 Å². The number of thioether (sulfide) groups is 1. The van der Waals surface area contributed by atoms with E-state index in [0.717, 1.165) is 17.2 Å². The van der Waals surface area contributed by atoms with Gasteiger partial charge in [0.25, 0.3) is 0 Å². The van der Waals surface area contributed by atoms with Crippen LogP contribution in [0.4, 0.5) is 0 Å². The van der Waals surface area contributed by atoms with Crippen molar-refractivity contribution in [1.29, 1.82) is 0 Å². The summed E-state index contributed by atoms with van der Waals surface area (Å²) in [6.45, 7) is 3.15.